The zero-order valence-corrected chi connectivity index (χ0v) is 37.3. The van der Waals surface area contributed by atoms with Gasteiger partial charge in [0.1, 0.15) is 6.61 Å². The van der Waals surface area contributed by atoms with Gasteiger partial charge < -0.3 is 20.1 Å². The van der Waals surface area contributed by atoms with E-state index in [-0.39, 0.29) is 32.6 Å². The number of rotatable bonds is 44. The van der Waals surface area contributed by atoms with Gasteiger partial charge in [-0.05, 0) is 38.5 Å². The van der Waals surface area contributed by atoms with E-state index < -0.39 is 32.5 Å². The molecule has 0 fully saturated rings. The van der Waals surface area contributed by atoms with E-state index in [1.165, 1.54) is 135 Å². The van der Waals surface area contributed by atoms with Crippen molar-refractivity contribution >= 4 is 19.8 Å². The summed E-state index contributed by atoms with van der Waals surface area (Å²) < 4.78 is 32.8. The van der Waals surface area contributed by atoms with Crippen LogP contribution in [-0.4, -0.2) is 49.3 Å². The summed E-state index contributed by atoms with van der Waals surface area (Å²) in [6.45, 7) is 3.73. The molecule has 0 aromatic rings. The maximum atomic E-state index is 12.6. The first-order chi connectivity index (χ1) is 27.3. The summed E-state index contributed by atoms with van der Waals surface area (Å²) in [6.07, 6.45) is 46.4. The van der Waals surface area contributed by atoms with E-state index >= 15 is 0 Å². The molecule has 0 aliphatic heterocycles. The average Bonchev–Trinajstić information content (AvgIpc) is 3.18. The molecular formula is C46H88NO8P. The molecule has 0 aromatic carbocycles. The third kappa shape index (κ3) is 42.1. The van der Waals surface area contributed by atoms with E-state index in [0.717, 1.165) is 51.4 Å². The van der Waals surface area contributed by atoms with Crippen molar-refractivity contribution in [3.63, 3.8) is 0 Å². The molecule has 2 atom stereocenters. The summed E-state index contributed by atoms with van der Waals surface area (Å²) in [6, 6.07) is 0. The molecule has 0 aliphatic carbocycles. The number of unbranched alkanes of at least 4 members (excludes halogenated alkanes) is 28. The van der Waals surface area contributed by atoms with Crippen molar-refractivity contribution in [2.24, 2.45) is 5.73 Å². The van der Waals surface area contributed by atoms with Crippen LogP contribution in [0.5, 0.6) is 0 Å². The van der Waals surface area contributed by atoms with Crippen LogP contribution in [0.2, 0.25) is 0 Å². The van der Waals surface area contributed by atoms with Crippen LogP contribution in [0.4, 0.5) is 0 Å². The highest BCUT2D eigenvalue weighted by atomic mass is 31.2. The van der Waals surface area contributed by atoms with Crippen molar-refractivity contribution in [1.29, 1.82) is 0 Å². The second-order valence-electron chi connectivity index (χ2n) is 15.7. The van der Waals surface area contributed by atoms with E-state index in [1.54, 1.807) is 0 Å². The van der Waals surface area contributed by atoms with Crippen LogP contribution in [0.1, 0.15) is 226 Å². The second-order valence-corrected chi connectivity index (χ2v) is 17.1. The predicted octanol–water partition coefficient (Wildman–Crippen LogP) is 13.6. The number of allylic oxidation sites excluding steroid dienone is 4. The van der Waals surface area contributed by atoms with Gasteiger partial charge in [0.15, 0.2) is 6.10 Å². The number of esters is 2. The van der Waals surface area contributed by atoms with Crippen LogP contribution < -0.4 is 5.73 Å². The number of phosphoric ester groups is 1. The zero-order valence-electron chi connectivity index (χ0n) is 36.4. The van der Waals surface area contributed by atoms with Crippen LogP contribution in [0.25, 0.3) is 0 Å². The van der Waals surface area contributed by atoms with Crippen LogP contribution in [-0.2, 0) is 32.7 Å². The second kappa shape index (κ2) is 43.1. The van der Waals surface area contributed by atoms with Crippen LogP contribution in [0.3, 0.4) is 0 Å². The van der Waals surface area contributed by atoms with Crippen LogP contribution in [0, 0.1) is 0 Å². The number of hydrogen-bond donors (Lipinski definition) is 2. The normalized spacial score (nSPS) is 13.4. The van der Waals surface area contributed by atoms with Gasteiger partial charge in [0.2, 0.25) is 0 Å². The van der Waals surface area contributed by atoms with Gasteiger partial charge in [-0.2, -0.15) is 0 Å². The molecular weight excluding hydrogens is 725 g/mol. The van der Waals surface area contributed by atoms with Crippen LogP contribution >= 0.6 is 7.82 Å². The maximum absolute atomic E-state index is 12.6. The lowest BCUT2D eigenvalue weighted by molar-refractivity contribution is -0.161. The Hall–Kier alpha value is -1.51. The molecule has 0 amide bonds. The van der Waals surface area contributed by atoms with Gasteiger partial charge in [0, 0.05) is 19.4 Å². The molecule has 0 radical (unpaired) electrons. The zero-order chi connectivity index (χ0) is 41.1. The van der Waals surface area contributed by atoms with Gasteiger partial charge in [-0.15, -0.1) is 0 Å². The van der Waals surface area contributed by atoms with Gasteiger partial charge in [-0.25, -0.2) is 4.57 Å². The Bertz CT molecular complexity index is 975. The average molecular weight is 814 g/mol. The third-order valence-electron chi connectivity index (χ3n) is 10.1. The Morgan fingerprint density at radius 3 is 1.34 bits per heavy atom. The molecule has 330 valence electrons. The maximum Gasteiger partial charge on any atom is 0.472 e. The number of hydrogen-bond acceptors (Lipinski definition) is 8. The van der Waals surface area contributed by atoms with Gasteiger partial charge in [0.05, 0.1) is 13.2 Å². The molecule has 1 unspecified atom stereocenters. The Morgan fingerprint density at radius 2 is 0.911 bits per heavy atom. The molecule has 0 bridgehead atoms. The predicted molar refractivity (Wildman–Crippen MR) is 234 cm³/mol. The summed E-state index contributed by atoms with van der Waals surface area (Å²) in [5.74, 6) is -0.836. The molecule has 0 saturated heterocycles. The Kier molecular flexibility index (Phi) is 41.9. The quantitative estimate of drug-likeness (QED) is 0.0267. The minimum Gasteiger partial charge on any atom is -0.462 e. The molecule has 0 saturated carbocycles. The van der Waals surface area contributed by atoms with Crippen molar-refractivity contribution in [2.45, 2.75) is 232 Å². The summed E-state index contributed by atoms with van der Waals surface area (Å²) in [5, 5.41) is 0. The molecule has 0 spiro atoms. The smallest absolute Gasteiger partial charge is 0.462 e. The van der Waals surface area contributed by atoms with Crippen molar-refractivity contribution < 1.29 is 37.6 Å². The minimum absolute atomic E-state index is 0.0529. The summed E-state index contributed by atoms with van der Waals surface area (Å²) in [4.78, 5) is 34.9. The summed E-state index contributed by atoms with van der Waals surface area (Å²) in [5.41, 5.74) is 5.35. The van der Waals surface area contributed by atoms with E-state index in [9.17, 15) is 19.0 Å². The minimum atomic E-state index is -4.38. The Balaban J connectivity index is 4.08. The van der Waals surface area contributed by atoms with E-state index in [4.69, 9.17) is 24.3 Å². The lowest BCUT2D eigenvalue weighted by Crippen LogP contribution is -2.29. The lowest BCUT2D eigenvalue weighted by Gasteiger charge is -2.19. The summed E-state index contributed by atoms with van der Waals surface area (Å²) in [7, 11) is -4.38. The highest BCUT2D eigenvalue weighted by Gasteiger charge is 2.26. The highest BCUT2D eigenvalue weighted by molar-refractivity contribution is 7.47. The molecule has 0 aliphatic rings. The fourth-order valence-corrected chi connectivity index (χ4v) is 7.39. The van der Waals surface area contributed by atoms with Gasteiger partial charge in [-0.1, -0.05) is 199 Å². The number of nitrogens with two attached hydrogens (primary N) is 1. The molecule has 10 heteroatoms. The van der Waals surface area contributed by atoms with E-state index in [2.05, 4.69) is 38.2 Å². The molecule has 0 rings (SSSR count). The first-order valence-electron chi connectivity index (χ1n) is 23.3. The number of carbonyl (C=O) groups excluding carboxylic acids is 2. The SMILES string of the molecule is CCCCCC/C=C/C=C/CCCCCCCC(=O)OC[C@H](COP(=O)(O)OCCN)OC(=O)CCCCCCCCCCCCCCCCCCCCCC. The summed E-state index contributed by atoms with van der Waals surface area (Å²) >= 11 is 0. The number of ether oxygens (including phenoxy) is 2. The highest BCUT2D eigenvalue weighted by Crippen LogP contribution is 2.43. The first kappa shape index (κ1) is 54.5. The van der Waals surface area contributed by atoms with Crippen molar-refractivity contribution in [1.82, 2.24) is 0 Å². The third-order valence-corrected chi connectivity index (χ3v) is 11.1. The first-order valence-corrected chi connectivity index (χ1v) is 24.8. The van der Waals surface area contributed by atoms with Crippen molar-refractivity contribution in [2.75, 3.05) is 26.4 Å². The molecule has 9 nitrogen and oxygen atoms in total. The standard InChI is InChI=1S/C46H88NO8P/c1-3-5-7-9-11-13-15-17-19-20-21-22-23-25-27-29-31-33-35-37-39-46(49)55-44(43-54-56(50,51)53-41-40-47)42-52-45(48)38-36-34-32-30-28-26-24-18-16-14-12-10-8-6-4-2/h14,16,18,24,44H,3-13,15,17,19-23,25-43,47H2,1-2H3,(H,50,51)/b16-14+,24-18+/t44-/m1/s1. The van der Waals surface area contributed by atoms with Crippen LogP contribution in [0.15, 0.2) is 24.3 Å². The number of phosphoric acid groups is 1. The van der Waals surface area contributed by atoms with Crippen molar-refractivity contribution in [3.8, 4) is 0 Å². The van der Waals surface area contributed by atoms with Gasteiger partial charge in [0.25, 0.3) is 0 Å². The Morgan fingerprint density at radius 1 is 0.536 bits per heavy atom. The van der Waals surface area contributed by atoms with Gasteiger partial charge in [-0.3, -0.25) is 18.6 Å². The Labute approximate surface area is 344 Å². The largest absolute Gasteiger partial charge is 0.472 e. The monoisotopic (exact) mass is 814 g/mol. The fraction of sp³-hybridized carbons (Fsp3) is 0.870. The molecule has 0 heterocycles. The van der Waals surface area contributed by atoms with E-state index in [0.29, 0.717) is 12.8 Å². The molecule has 56 heavy (non-hydrogen) atoms. The van der Waals surface area contributed by atoms with Crippen molar-refractivity contribution in [3.05, 3.63) is 24.3 Å². The molecule has 3 N–H and O–H groups in total. The topological polar surface area (TPSA) is 134 Å². The van der Waals surface area contributed by atoms with E-state index in [1.807, 2.05) is 0 Å². The fourth-order valence-electron chi connectivity index (χ4n) is 6.63. The molecule has 0 aromatic heterocycles. The number of carbonyl (C=O) groups is 2. The van der Waals surface area contributed by atoms with Gasteiger partial charge >= 0.3 is 19.8 Å². The lowest BCUT2D eigenvalue weighted by atomic mass is 10.0.